The van der Waals surface area contributed by atoms with Gasteiger partial charge in [0.1, 0.15) is 0 Å². The third kappa shape index (κ3) is 2.28. The van der Waals surface area contributed by atoms with Crippen LogP contribution in [-0.4, -0.2) is 23.0 Å². The van der Waals surface area contributed by atoms with Gasteiger partial charge in [-0.2, -0.15) is 0 Å². The summed E-state index contributed by atoms with van der Waals surface area (Å²) >= 11 is 0. The molecule has 4 nitrogen and oxygen atoms in total. The van der Waals surface area contributed by atoms with Crippen molar-refractivity contribution in [3.05, 3.63) is 48.2 Å². The maximum Gasteiger partial charge on any atom is 0.359 e. The van der Waals surface area contributed by atoms with Crippen LogP contribution in [0.2, 0.25) is 0 Å². The second-order valence-corrected chi connectivity index (χ2v) is 3.25. The number of methoxy groups -OCH3 is 1. The number of halogens is 1. The average Bonchev–Trinajstić information content (AvgIpc) is 2.39. The van der Waals surface area contributed by atoms with Gasteiger partial charge in [0.2, 0.25) is 0 Å². The molecule has 0 spiro atoms. The number of aromatic nitrogens is 2. The predicted octanol–water partition coefficient (Wildman–Crippen LogP) is 2.07. The molecule has 0 radical (unpaired) electrons. The molecule has 86 valence electrons. The molecule has 17 heavy (non-hydrogen) atoms. The number of hydrogen-bond acceptors (Lipinski definition) is 4. The molecule has 2 heterocycles. The molecule has 0 aliphatic rings. The minimum atomic E-state index is -0.793. The maximum absolute atomic E-state index is 13.3. The fourth-order valence-corrected chi connectivity index (χ4v) is 1.37. The lowest BCUT2D eigenvalue weighted by atomic mass is 10.1. The molecule has 0 saturated carbocycles. The summed E-state index contributed by atoms with van der Waals surface area (Å²) in [7, 11) is 1.18. The zero-order valence-corrected chi connectivity index (χ0v) is 9.05. The van der Waals surface area contributed by atoms with E-state index in [1.54, 1.807) is 24.5 Å². The maximum atomic E-state index is 13.3. The zero-order valence-electron chi connectivity index (χ0n) is 9.05. The number of hydrogen-bond donors (Lipinski definition) is 0. The van der Waals surface area contributed by atoms with Crippen LogP contribution in [0.15, 0.2) is 36.7 Å². The van der Waals surface area contributed by atoms with Crippen LogP contribution in [0.1, 0.15) is 10.5 Å². The first-order valence-electron chi connectivity index (χ1n) is 4.87. The van der Waals surface area contributed by atoms with Crippen molar-refractivity contribution in [2.24, 2.45) is 0 Å². The number of pyridine rings is 2. The van der Waals surface area contributed by atoms with E-state index >= 15 is 0 Å². The van der Waals surface area contributed by atoms with Gasteiger partial charge in [0.25, 0.3) is 0 Å². The van der Waals surface area contributed by atoms with E-state index in [0.29, 0.717) is 5.69 Å². The van der Waals surface area contributed by atoms with E-state index in [0.717, 1.165) is 5.56 Å². The van der Waals surface area contributed by atoms with Crippen molar-refractivity contribution in [3.63, 3.8) is 0 Å². The molecule has 0 unspecified atom stereocenters. The number of ether oxygens (including phenoxy) is 1. The highest BCUT2D eigenvalue weighted by atomic mass is 19.1. The van der Waals surface area contributed by atoms with Crippen molar-refractivity contribution in [3.8, 4) is 11.3 Å². The highest BCUT2D eigenvalue weighted by Gasteiger charge is 2.15. The third-order valence-corrected chi connectivity index (χ3v) is 2.20. The van der Waals surface area contributed by atoms with Gasteiger partial charge in [-0.25, -0.2) is 14.2 Å². The summed E-state index contributed by atoms with van der Waals surface area (Å²) in [5.41, 5.74) is 0.932. The molecule has 2 aromatic rings. The van der Waals surface area contributed by atoms with Gasteiger partial charge >= 0.3 is 5.97 Å². The Balaban J connectivity index is 2.48. The fourth-order valence-electron chi connectivity index (χ4n) is 1.37. The Hall–Kier alpha value is -2.30. The molecule has 0 aromatic carbocycles. The van der Waals surface area contributed by atoms with E-state index in [1.807, 2.05) is 0 Å². The number of nitrogens with zero attached hydrogens (tertiary/aromatic N) is 2. The highest BCUT2D eigenvalue weighted by molar-refractivity contribution is 5.88. The quantitative estimate of drug-likeness (QED) is 0.744. The summed E-state index contributed by atoms with van der Waals surface area (Å²) < 4.78 is 17.8. The fraction of sp³-hybridized carbons (Fsp3) is 0.0833. The van der Waals surface area contributed by atoms with Crippen LogP contribution in [0.5, 0.6) is 0 Å². The SMILES string of the molecule is COC(=O)c1nc(-c2ccncc2)ccc1F. The zero-order chi connectivity index (χ0) is 12.3. The standard InChI is InChI=1S/C12H9FN2O2/c1-17-12(16)11-9(13)2-3-10(15-11)8-4-6-14-7-5-8/h2-7H,1H3. The number of carbonyl (C=O) groups is 1. The normalized spacial score (nSPS) is 10.0. The Kier molecular flexibility index (Phi) is 3.09. The third-order valence-electron chi connectivity index (χ3n) is 2.20. The van der Waals surface area contributed by atoms with Crippen LogP contribution < -0.4 is 0 Å². The molecule has 0 amide bonds. The summed E-state index contributed by atoms with van der Waals surface area (Å²) in [5, 5.41) is 0. The van der Waals surface area contributed by atoms with Crippen molar-refractivity contribution >= 4 is 5.97 Å². The molecule has 0 aliphatic carbocycles. The van der Waals surface area contributed by atoms with Gasteiger partial charge in [-0.1, -0.05) is 0 Å². The lowest BCUT2D eigenvalue weighted by molar-refractivity contribution is 0.0588. The lowest BCUT2D eigenvalue weighted by Gasteiger charge is -2.04. The van der Waals surface area contributed by atoms with Crippen molar-refractivity contribution in [1.82, 2.24) is 9.97 Å². The molecule has 2 rings (SSSR count). The largest absolute Gasteiger partial charge is 0.464 e. The lowest BCUT2D eigenvalue weighted by Crippen LogP contribution is -2.08. The van der Waals surface area contributed by atoms with Gasteiger partial charge in [0.15, 0.2) is 11.5 Å². The smallest absolute Gasteiger partial charge is 0.359 e. The van der Waals surface area contributed by atoms with Crippen LogP contribution in [0.3, 0.4) is 0 Å². The van der Waals surface area contributed by atoms with E-state index in [1.165, 1.54) is 19.2 Å². The van der Waals surface area contributed by atoms with Gasteiger partial charge in [-0.15, -0.1) is 0 Å². The molecule has 0 aliphatic heterocycles. The summed E-state index contributed by atoms with van der Waals surface area (Å²) in [6.07, 6.45) is 3.19. The Morgan fingerprint density at radius 1 is 1.24 bits per heavy atom. The van der Waals surface area contributed by atoms with Crippen molar-refractivity contribution in [2.45, 2.75) is 0 Å². The molecule has 5 heteroatoms. The first kappa shape index (κ1) is 11.2. The van der Waals surface area contributed by atoms with E-state index in [2.05, 4.69) is 14.7 Å². The average molecular weight is 232 g/mol. The second kappa shape index (κ2) is 4.69. The number of rotatable bonds is 2. The first-order chi connectivity index (χ1) is 8.22. The summed E-state index contributed by atoms with van der Waals surface area (Å²) in [6.45, 7) is 0. The molecule has 0 atom stereocenters. The highest BCUT2D eigenvalue weighted by Crippen LogP contribution is 2.17. The van der Waals surface area contributed by atoms with E-state index < -0.39 is 11.8 Å². The second-order valence-electron chi connectivity index (χ2n) is 3.25. The summed E-state index contributed by atoms with van der Waals surface area (Å²) in [4.78, 5) is 19.1. The number of esters is 1. The van der Waals surface area contributed by atoms with Gasteiger partial charge in [0, 0.05) is 18.0 Å². The summed E-state index contributed by atoms with van der Waals surface area (Å²) in [6, 6.07) is 6.13. The van der Waals surface area contributed by atoms with E-state index in [9.17, 15) is 9.18 Å². The Bertz CT molecular complexity index is 543. The van der Waals surface area contributed by atoms with Crippen LogP contribution in [0.4, 0.5) is 4.39 Å². The molecule has 0 N–H and O–H groups in total. The van der Waals surface area contributed by atoms with Gasteiger partial charge in [-0.05, 0) is 24.3 Å². The topological polar surface area (TPSA) is 52.1 Å². The Labute approximate surface area is 97.1 Å². The Morgan fingerprint density at radius 2 is 1.94 bits per heavy atom. The van der Waals surface area contributed by atoms with Gasteiger partial charge in [0.05, 0.1) is 12.8 Å². The monoisotopic (exact) mass is 232 g/mol. The van der Waals surface area contributed by atoms with Crippen LogP contribution in [0, 0.1) is 5.82 Å². The first-order valence-corrected chi connectivity index (χ1v) is 4.87. The van der Waals surface area contributed by atoms with E-state index in [4.69, 9.17) is 0 Å². The van der Waals surface area contributed by atoms with Crippen molar-refractivity contribution in [1.29, 1.82) is 0 Å². The van der Waals surface area contributed by atoms with Crippen LogP contribution >= 0.6 is 0 Å². The number of carbonyl (C=O) groups excluding carboxylic acids is 1. The van der Waals surface area contributed by atoms with Crippen molar-refractivity contribution < 1.29 is 13.9 Å². The van der Waals surface area contributed by atoms with Crippen LogP contribution in [0.25, 0.3) is 11.3 Å². The van der Waals surface area contributed by atoms with Gasteiger partial charge in [-0.3, -0.25) is 4.98 Å². The summed E-state index contributed by atoms with van der Waals surface area (Å²) in [5.74, 6) is -1.49. The minimum Gasteiger partial charge on any atom is -0.464 e. The molecule has 0 bridgehead atoms. The van der Waals surface area contributed by atoms with Gasteiger partial charge < -0.3 is 4.74 Å². The minimum absolute atomic E-state index is 0.318. The van der Waals surface area contributed by atoms with Crippen LogP contribution in [-0.2, 0) is 4.74 Å². The molecular formula is C12H9FN2O2. The molecule has 0 saturated heterocycles. The van der Waals surface area contributed by atoms with E-state index in [-0.39, 0.29) is 5.69 Å². The Morgan fingerprint density at radius 3 is 2.59 bits per heavy atom. The molecule has 0 fully saturated rings. The molecular weight excluding hydrogens is 223 g/mol. The predicted molar refractivity (Wildman–Crippen MR) is 58.8 cm³/mol. The molecule has 2 aromatic heterocycles. The van der Waals surface area contributed by atoms with Crippen molar-refractivity contribution in [2.75, 3.05) is 7.11 Å².